The van der Waals surface area contributed by atoms with Crippen molar-refractivity contribution < 1.29 is 49.6 Å². The lowest BCUT2D eigenvalue weighted by Crippen LogP contribution is -2.60. The Morgan fingerprint density at radius 3 is 2.35 bits per heavy atom. The summed E-state index contributed by atoms with van der Waals surface area (Å²) in [7, 11) is 0. The Hall–Kier alpha value is -0.820. The maximum absolute atomic E-state index is 10.3. The Morgan fingerprint density at radius 1 is 0.968 bits per heavy atom. The molecule has 5 rings (SSSR count). The number of ether oxygens (including phenoxy) is 4. The summed E-state index contributed by atoms with van der Waals surface area (Å²) in [6, 6.07) is 0. The van der Waals surface area contributed by atoms with Crippen LogP contribution in [0, 0.1) is 17.3 Å². The molecule has 10 nitrogen and oxygen atoms in total. The van der Waals surface area contributed by atoms with Gasteiger partial charge in [0.1, 0.15) is 42.7 Å². The van der Waals surface area contributed by atoms with Crippen LogP contribution >= 0.6 is 0 Å². The highest BCUT2D eigenvalue weighted by Gasteiger charge is 2.52. The van der Waals surface area contributed by atoms with E-state index in [-0.39, 0.29) is 18.6 Å². The van der Waals surface area contributed by atoms with Gasteiger partial charge in [0.15, 0.2) is 6.29 Å². The Bertz CT molecular complexity index is 667. The van der Waals surface area contributed by atoms with Crippen molar-refractivity contribution in [1.82, 2.24) is 0 Å². The van der Waals surface area contributed by atoms with Crippen LogP contribution in [-0.2, 0) is 18.9 Å². The molecule has 0 unspecified atom stereocenters. The molecule has 5 aliphatic rings. The second kappa shape index (κ2) is 8.85. The third kappa shape index (κ3) is 4.25. The van der Waals surface area contributed by atoms with E-state index in [0.29, 0.717) is 5.92 Å². The minimum absolute atomic E-state index is 0.226. The van der Waals surface area contributed by atoms with Crippen LogP contribution in [0.5, 0.6) is 0 Å². The van der Waals surface area contributed by atoms with E-state index in [1.54, 1.807) is 6.26 Å². The van der Waals surface area contributed by atoms with Crippen molar-refractivity contribution in [3.05, 3.63) is 11.8 Å². The van der Waals surface area contributed by atoms with Crippen molar-refractivity contribution in [3.8, 4) is 0 Å². The van der Waals surface area contributed by atoms with E-state index in [2.05, 4.69) is 13.8 Å². The highest BCUT2D eigenvalue weighted by molar-refractivity contribution is 5.20. The van der Waals surface area contributed by atoms with Crippen LogP contribution < -0.4 is 0 Å². The Kier molecular flexibility index (Phi) is 6.66. The van der Waals surface area contributed by atoms with Crippen molar-refractivity contribution in [2.75, 3.05) is 13.2 Å². The molecular formula is C21H34O10. The molecule has 0 aromatic rings. The number of aliphatic hydroxyl groups is 6. The quantitative estimate of drug-likeness (QED) is 0.278. The molecule has 0 spiro atoms. The maximum atomic E-state index is 10.3. The molecule has 5 fully saturated rings. The summed E-state index contributed by atoms with van der Waals surface area (Å²) in [6.45, 7) is 3.96. The van der Waals surface area contributed by atoms with Crippen molar-refractivity contribution in [1.29, 1.82) is 0 Å². The molecule has 2 heterocycles. The zero-order valence-electron chi connectivity index (χ0n) is 17.8. The number of hydrogen-bond acceptors (Lipinski definition) is 10. The van der Waals surface area contributed by atoms with E-state index < -0.39 is 55.3 Å². The van der Waals surface area contributed by atoms with Crippen molar-refractivity contribution >= 4 is 0 Å². The van der Waals surface area contributed by atoms with Gasteiger partial charge in [0.2, 0.25) is 6.29 Å². The number of allylic oxidation sites excluding steroid dienone is 1. The van der Waals surface area contributed by atoms with Gasteiger partial charge in [-0.1, -0.05) is 13.8 Å². The summed E-state index contributed by atoms with van der Waals surface area (Å²) in [6.07, 6.45) is -7.35. The van der Waals surface area contributed by atoms with E-state index in [0.717, 1.165) is 30.8 Å². The highest BCUT2D eigenvalue weighted by atomic mass is 16.7. The van der Waals surface area contributed by atoms with Crippen LogP contribution in [0.15, 0.2) is 11.8 Å². The predicted octanol–water partition coefficient (Wildman–Crippen LogP) is -1.39. The summed E-state index contributed by atoms with van der Waals surface area (Å²) in [5, 5.41) is 60.0. The molecule has 0 radical (unpaired) electrons. The molecule has 0 aromatic heterocycles. The molecule has 3 saturated carbocycles. The zero-order valence-corrected chi connectivity index (χ0v) is 17.8. The molecule has 10 heteroatoms. The van der Waals surface area contributed by atoms with Gasteiger partial charge in [-0.15, -0.1) is 0 Å². The Labute approximate surface area is 181 Å². The second-order valence-corrected chi connectivity index (χ2v) is 9.77. The number of hydrogen-bond donors (Lipinski definition) is 6. The van der Waals surface area contributed by atoms with Crippen LogP contribution in [0.4, 0.5) is 0 Å². The first kappa shape index (κ1) is 23.3. The standard InChI is InChI=1S/C21H34O10/c1-21(2)10-4-3-9(11(21)5-10)6-28-20-18(27)16(25)15(24)13(31-20)8-30-19-17(26)14(23)12(22)7-29-19/h6,10-20,22-27H,3-5,7-8H2,1-2H3/b9-6-/t10-,11-,12+,13-,14+,15-,16+,17-,18-,19+,20-/m1/s1. The largest absolute Gasteiger partial charge is 0.470 e. The second-order valence-electron chi connectivity index (χ2n) is 9.77. The predicted molar refractivity (Wildman–Crippen MR) is 104 cm³/mol. The zero-order chi connectivity index (χ0) is 22.5. The van der Waals surface area contributed by atoms with E-state index >= 15 is 0 Å². The first-order valence-electron chi connectivity index (χ1n) is 10.9. The van der Waals surface area contributed by atoms with E-state index in [1.165, 1.54) is 0 Å². The molecule has 2 aliphatic heterocycles. The van der Waals surface area contributed by atoms with Crippen molar-refractivity contribution in [2.24, 2.45) is 17.3 Å². The normalized spacial score (nSPS) is 50.7. The van der Waals surface area contributed by atoms with E-state index in [9.17, 15) is 30.6 Å². The van der Waals surface area contributed by atoms with Gasteiger partial charge < -0.3 is 49.6 Å². The Balaban J connectivity index is 1.36. The summed E-state index contributed by atoms with van der Waals surface area (Å²) in [4.78, 5) is 0. The minimum Gasteiger partial charge on any atom is -0.470 e. The van der Waals surface area contributed by atoms with E-state index in [4.69, 9.17) is 18.9 Å². The molecule has 2 saturated heterocycles. The monoisotopic (exact) mass is 446 g/mol. The average molecular weight is 446 g/mol. The smallest absolute Gasteiger partial charge is 0.228 e. The highest BCUT2D eigenvalue weighted by Crippen LogP contribution is 2.61. The van der Waals surface area contributed by atoms with Gasteiger partial charge in [-0.2, -0.15) is 0 Å². The van der Waals surface area contributed by atoms with Crippen LogP contribution in [0.1, 0.15) is 33.1 Å². The number of rotatable bonds is 5. The number of fused-ring (bicyclic) bond motifs is 2. The lowest BCUT2D eigenvalue weighted by Gasteiger charge is -2.57. The summed E-state index contributed by atoms with van der Waals surface area (Å²) in [5.74, 6) is 1.15. The molecule has 31 heavy (non-hydrogen) atoms. The van der Waals surface area contributed by atoms with Gasteiger partial charge in [-0.25, -0.2) is 0 Å². The van der Waals surface area contributed by atoms with Gasteiger partial charge in [-0.05, 0) is 42.1 Å². The molecule has 2 bridgehead atoms. The molecule has 178 valence electrons. The molecular weight excluding hydrogens is 412 g/mol. The van der Waals surface area contributed by atoms with Crippen LogP contribution in [-0.4, -0.2) is 99.2 Å². The first-order valence-corrected chi connectivity index (χ1v) is 10.9. The molecule has 0 amide bonds. The van der Waals surface area contributed by atoms with Crippen LogP contribution in [0.3, 0.4) is 0 Å². The van der Waals surface area contributed by atoms with E-state index in [1.807, 2.05) is 0 Å². The first-order chi connectivity index (χ1) is 14.6. The average Bonchev–Trinajstić information content (AvgIpc) is 2.75. The third-order valence-electron chi connectivity index (χ3n) is 7.60. The molecule has 0 aromatic carbocycles. The summed E-state index contributed by atoms with van der Waals surface area (Å²) in [5.41, 5.74) is 1.38. The Morgan fingerprint density at radius 2 is 1.68 bits per heavy atom. The summed E-state index contributed by atoms with van der Waals surface area (Å²) < 4.78 is 21.9. The fourth-order valence-corrected chi connectivity index (χ4v) is 5.23. The topological polar surface area (TPSA) is 158 Å². The van der Waals surface area contributed by atoms with Crippen LogP contribution in [0.2, 0.25) is 0 Å². The third-order valence-corrected chi connectivity index (χ3v) is 7.60. The van der Waals surface area contributed by atoms with Gasteiger partial charge >= 0.3 is 0 Å². The lowest BCUT2D eigenvalue weighted by molar-refractivity contribution is -0.313. The van der Waals surface area contributed by atoms with Gasteiger partial charge in [0.05, 0.1) is 19.5 Å². The SMILES string of the molecule is CC1(C)[C@@H]2CC/C(=C/O[C@@H]3O[C@H](CO[C@@H]4OC[C@H](O)[C@H](O)[C@H]4O)[C@@H](O)[C@H](O)[C@H]3O)[C@H]1C2. The maximum Gasteiger partial charge on any atom is 0.228 e. The van der Waals surface area contributed by atoms with Gasteiger partial charge in [0.25, 0.3) is 0 Å². The summed E-state index contributed by atoms with van der Waals surface area (Å²) >= 11 is 0. The lowest BCUT2D eigenvalue weighted by atomic mass is 9.47. The number of aliphatic hydroxyl groups excluding tert-OH is 6. The fourth-order valence-electron chi connectivity index (χ4n) is 5.23. The van der Waals surface area contributed by atoms with Gasteiger partial charge in [-0.3, -0.25) is 0 Å². The van der Waals surface area contributed by atoms with Gasteiger partial charge in [0, 0.05) is 0 Å². The van der Waals surface area contributed by atoms with Crippen molar-refractivity contribution in [3.63, 3.8) is 0 Å². The molecule has 6 N–H and O–H groups in total. The van der Waals surface area contributed by atoms with Crippen molar-refractivity contribution in [2.45, 2.75) is 88.4 Å². The molecule has 11 atom stereocenters. The minimum atomic E-state index is -1.52. The molecule has 3 aliphatic carbocycles. The fraction of sp³-hybridized carbons (Fsp3) is 0.905. The van der Waals surface area contributed by atoms with Crippen LogP contribution in [0.25, 0.3) is 0 Å².